The zero-order valence-electron chi connectivity index (χ0n) is 10.6. The molecule has 4 N–H and O–H groups in total. The van der Waals surface area contributed by atoms with Crippen molar-refractivity contribution in [2.75, 3.05) is 5.73 Å². The second-order valence-electron chi connectivity index (χ2n) is 4.88. The molecule has 0 radical (unpaired) electrons. The second-order valence-corrected chi connectivity index (χ2v) is 6.57. The minimum absolute atomic E-state index is 0.432. The van der Waals surface area contributed by atoms with E-state index in [1.807, 2.05) is 0 Å². The van der Waals surface area contributed by atoms with Crippen LogP contribution in [0.15, 0.2) is 17.0 Å². The summed E-state index contributed by atoms with van der Waals surface area (Å²) in [5, 5.41) is 9.74. The van der Waals surface area contributed by atoms with Crippen molar-refractivity contribution < 1.29 is 22.3 Å². The van der Waals surface area contributed by atoms with E-state index in [-0.39, 0.29) is 0 Å². The van der Waals surface area contributed by atoms with Gasteiger partial charge in [-0.05, 0) is 18.9 Å². The number of aliphatic hydroxyl groups excluding tert-OH is 1. The van der Waals surface area contributed by atoms with Gasteiger partial charge in [0.1, 0.15) is 16.5 Å². The largest absolute Gasteiger partial charge is 0.396 e. The normalized spacial score (nSPS) is 23.8. The van der Waals surface area contributed by atoms with E-state index in [1.54, 1.807) is 0 Å². The fourth-order valence-corrected chi connectivity index (χ4v) is 3.66. The van der Waals surface area contributed by atoms with Gasteiger partial charge in [-0.2, -0.15) is 0 Å². The first-order valence-corrected chi connectivity index (χ1v) is 7.74. The van der Waals surface area contributed by atoms with E-state index in [0.29, 0.717) is 18.9 Å². The van der Waals surface area contributed by atoms with Crippen molar-refractivity contribution in [1.29, 1.82) is 0 Å². The van der Waals surface area contributed by atoms with Crippen LogP contribution in [0.3, 0.4) is 0 Å². The zero-order chi connectivity index (χ0) is 14.9. The summed E-state index contributed by atoms with van der Waals surface area (Å²) >= 11 is 0. The summed E-state index contributed by atoms with van der Waals surface area (Å²) in [5.41, 5.74) is 4.82. The van der Waals surface area contributed by atoms with E-state index in [9.17, 15) is 22.3 Å². The Kier molecular flexibility index (Phi) is 4.26. The summed E-state index contributed by atoms with van der Waals surface area (Å²) in [6.45, 7) is 0. The number of hydrogen-bond donors (Lipinski definition) is 3. The molecule has 1 aromatic rings. The number of hydrogen-bond acceptors (Lipinski definition) is 4. The number of nitrogens with one attached hydrogen (secondary N) is 1. The number of sulfonamides is 1. The van der Waals surface area contributed by atoms with E-state index < -0.39 is 44.4 Å². The Hall–Kier alpha value is -1.25. The lowest BCUT2D eigenvalue weighted by Gasteiger charge is -2.28. The van der Waals surface area contributed by atoms with Crippen molar-refractivity contribution in [2.24, 2.45) is 0 Å². The topological polar surface area (TPSA) is 92.4 Å². The standard InChI is InChI=1S/C12H16F2N2O3S/c13-7-5-8(14)12(6-9(7)15)20(18,19)16-10-3-1-2-4-11(10)17/h5-6,10-11,16-17H,1-4,15H2/t10-,11-/m0/s1. The maximum Gasteiger partial charge on any atom is 0.243 e. The van der Waals surface area contributed by atoms with E-state index >= 15 is 0 Å². The van der Waals surface area contributed by atoms with Crippen LogP contribution >= 0.6 is 0 Å². The van der Waals surface area contributed by atoms with Gasteiger partial charge in [0, 0.05) is 12.1 Å². The molecule has 1 saturated carbocycles. The Morgan fingerprint density at radius 2 is 1.85 bits per heavy atom. The average molecular weight is 306 g/mol. The summed E-state index contributed by atoms with van der Waals surface area (Å²) < 4.78 is 53.1. The number of rotatable bonds is 3. The predicted molar refractivity (Wildman–Crippen MR) is 69.4 cm³/mol. The lowest BCUT2D eigenvalue weighted by Crippen LogP contribution is -2.45. The third-order valence-corrected chi connectivity index (χ3v) is 4.88. The number of benzene rings is 1. The van der Waals surface area contributed by atoms with Gasteiger partial charge in [-0.3, -0.25) is 0 Å². The molecule has 2 rings (SSSR count). The van der Waals surface area contributed by atoms with Gasteiger partial charge >= 0.3 is 0 Å². The Bertz CT molecular complexity index is 607. The van der Waals surface area contributed by atoms with Gasteiger partial charge in [0.15, 0.2) is 0 Å². The molecule has 0 bridgehead atoms. The lowest BCUT2D eigenvalue weighted by molar-refractivity contribution is 0.101. The van der Waals surface area contributed by atoms with Crippen LogP contribution in [-0.2, 0) is 10.0 Å². The van der Waals surface area contributed by atoms with Crippen LogP contribution in [0, 0.1) is 11.6 Å². The van der Waals surface area contributed by atoms with Crippen LogP contribution in [0.4, 0.5) is 14.5 Å². The quantitative estimate of drug-likeness (QED) is 0.730. The summed E-state index contributed by atoms with van der Waals surface area (Å²) in [4.78, 5) is -0.714. The fourth-order valence-electron chi connectivity index (χ4n) is 2.26. The molecule has 0 aliphatic heterocycles. The predicted octanol–water partition coefficient (Wildman–Crippen LogP) is 1.13. The van der Waals surface area contributed by atoms with Gasteiger partial charge in [0.05, 0.1) is 11.8 Å². The molecule has 112 valence electrons. The molecule has 1 aromatic carbocycles. The highest BCUT2D eigenvalue weighted by molar-refractivity contribution is 7.89. The maximum atomic E-state index is 13.6. The number of halogens is 2. The molecule has 1 aliphatic rings. The number of nitrogen functional groups attached to an aromatic ring is 1. The van der Waals surface area contributed by atoms with Crippen LogP contribution in [0.2, 0.25) is 0 Å². The summed E-state index contributed by atoms with van der Waals surface area (Å²) in [6, 6.07) is 0.503. The van der Waals surface area contributed by atoms with Crippen LogP contribution < -0.4 is 10.5 Å². The van der Waals surface area contributed by atoms with Crippen LogP contribution in [0.25, 0.3) is 0 Å². The van der Waals surface area contributed by atoms with Crippen molar-refractivity contribution in [2.45, 2.75) is 42.7 Å². The molecule has 2 atom stereocenters. The lowest BCUT2D eigenvalue weighted by atomic mass is 9.93. The Balaban J connectivity index is 2.28. The molecule has 0 spiro atoms. The first kappa shape index (κ1) is 15.1. The highest BCUT2D eigenvalue weighted by atomic mass is 32.2. The van der Waals surface area contributed by atoms with Gasteiger partial charge in [-0.25, -0.2) is 21.9 Å². The molecule has 0 unspecified atom stereocenters. The molecule has 1 fully saturated rings. The van der Waals surface area contributed by atoms with E-state index in [1.165, 1.54) is 0 Å². The summed E-state index contributed by atoms with van der Waals surface area (Å²) in [6.07, 6.45) is 1.74. The van der Waals surface area contributed by atoms with Crippen LogP contribution in [-0.4, -0.2) is 25.7 Å². The first-order valence-electron chi connectivity index (χ1n) is 6.26. The van der Waals surface area contributed by atoms with Gasteiger partial charge in [-0.1, -0.05) is 12.8 Å². The molecule has 1 aliphatic carbocycles. The smallest absolute Gasteiger partial charge is 0.243 e. The molecular formula is C12H16F2N2O3S. The molecular weight excluding hydrogens is 290 g/mol. The molecule has 5 nitrogen and oxygen atoms in total. The maximum absolute atomic E-state index is 13.6. The molecule has 0 saturated heterocycles. The summed E-state index contributed by atoms with van der Waals surface area (Å²) in [7, 11) is -4.19. The Labute approximate surface area is 115 Å². The van der Waals surface area contributed by atoms with Crippen LogP contribution in [0.1, 0.15) is 25.7 Å². The van der Waals surface area contributed by atoms with Gasteiger partial charge in [-0.15, -0.1) is 0 Å². The highest BCUT2D eigenvalue weighted by Gasteiger charge is 2.30. The molecule has 8 heteroatoms. The number of anilines is 1. The van der Waals surface area contributed by atoms with Crippen molar-refractivity contribution in [3.63, 3.8) is 0 Å². The minimum atomic E-state index is -4.19. The van der Waals surface area contributed by atoms with Crippen molar-refractivity contribution in [1.82, 2.24) is 4.72 Å². The monoisotopic (exact) mass is 306 g/mol. The SMILES string of the molecule is Nc1cc(S(=O)(=O)N[C@H]2CCCC[C@@H]2O)c(F)cc1F. The molecule has 0 heterocycles. The third kappa shape index (κ3) is 3.08. The molecule has 20 heavy (non-hydrogen) atoms. The van der Waals surface area contributed by atoms with Crippen molar-refractivity contribution in [3.05, 3.63) is 23.8 Å². The Morgan fingerprint density at radius 1 is 1.20 bits per heavy atom. The van der Waals surface area contributed by atoms with Gasteiger partial charge in [0.25, 0.3) is 0 Å². The second kappa shape index (κ2) is 5.63. The molecule has 0 amide bonds. The van der Waals surface area contributed by atoms with Gasteiger partial charge < -0.3 is 10.8 Å². The Morgan fingerprint density at radius 3 is 2.50 bits per heavy atom. The van der Waals surface area contributed by atoms with E-state index in [2.05, 4.69) is 4.72 Å². The average Bonchev–Trinajstić information content (AvgIpc) is 2.36. The van der Waals surface area contributed by atoms with Crippen molar-refractivity contribution in [3.8, 4) is 0 Å². The molecule has 0 aromatic heterocycles. The minimum Gasteiger partial charge on any atom is -0.396 e. The van der Waals surface area contributed by atoms with Crippen LogP contribution in [0.5, 0.6) is 0 Å². The summed E-state index contributed by atoms with van der Waals surface area (Å²) in [5.74, 6) is -2.23. The fraction of sp³-hybridized carbons (Fsp3) is 0.500. The highest BCUT2D eigenvalue weighted by Crippen LogP contribution is 2.24. The van der Waals surface area contributed by atoms with Gasteiger partial charge in [0.2, 0.25) is 10.0 Å². The number of aliphatic hydroxyl groups is 1. The van der Waals surface area contributed by atoms with Crippen molar-refractivity contribution >= 4 is 15.7 Å². The van der Waals surface area contributed by atoms with E-state index in [0.717, 1.165) is 18.9 Å². The zero-order valence-corrected chi connectivity index (χ0v) is 11.5. The van der Waals surface area contributed by atoms with E-state index in [4.69, 9.17) is 5.73 Å². The number of nitrogens with two attached hydrogens (primary N) is 1. The first-order chi connectivity index (χ1) is 9.31. The third-order valence-electron chi connectivity index (χ3n) is 3.38.